The van der Waals surface area contributed by atoms with Crippen LogP contribution in [-0.2, 0) is 21.4 Å². The van der Waals surface area contributed by atoms with E-state index in [1.807, 2.05) is 5.38 Å². The van der Waals surface area contributed by atoms with Gasteiger partial charge in [-0.25, -0.2) is 18.1 Å². The third-order valence-corrected chi connectivity index (χ3v) is 6.61. The zero-order valence-corrected chi connectivity index (χ0v) is 16.7. The molecule has 0 saturated carbocycles. The molecule has 9 heteroatoms. The average molecular weight is 409 g/mol. The van der Waals surface area contributed by atoms with Crippen LogP contribution in [0.5, 0.6) is 0 Å². The Morgan fingerprint density at radius 2 is 1.89 bits per heavy atom. The van der Waals surface area contributed by atoms with Crippen molar-refractivity contribution in [3.8, 4) is 0 Å². The molecule has 2 heterocycles. The summed E-state index contributed by atoms with van der Waals surface area (Å²) in [5, 5.41) is 5.25. The lowest BCUT2D eigenvalue weighted by Gasteiger charge is -2.25. The molecule has 0 aliphatic carbocycles. The quantitative estimate of drug-likeness (QED) is 0.700. The van der Waals surface area contributed by atoms with Gasteiger partial charge in [0, 0.05) is 24.9 Å². The summed E-state index contributed by atoms with van der Waals surface area (Å²) in [6, 6.07) is 8.10. The van der Waals surface area contributed by atoms with Crippen LogP contribution >= 0.6 is 11.3 Å². The standard InChI is InChI=1S/C18H24N4O3S2/c23-17(9-10-19-27(24,25)16-7-3-1-4-8-16)21-18-20-15(14-26-18)13-22-11-5-2-6-12-22/h1,3-4,7-8,14,19H,2,5-6,9-13H2,(H,20,21,23). The van der Waals surface area contributed by atoms with Crippen molar-refractivity contribution in [2.45, 2.75) is 37.1 Å². The molecule has 0 atom stereocenters. The third-order valence-electron chi connectivity index (χ3n) is 4.33. The van der Waals surface area contributed by atoms with Crippen molar-refractivity contribution in [3.63, 3.8) is 0 Å². The van der Waals surface area contributed by atoms with Gasteiger partial charge in [0.05, 0.1) is 10.6 Å². The van der Waals surface area contributed by atoms with E-state index < -0.39 is 10.0 Å². The van der Waals surface area contributed by atoms with Gasteiger partial charge in [0.1, 0.15) is 0 Å². The van der Waals surface area contributed by atoms with Crippen LogP contribution in [0.15, 0.2) is 40.6 Å². The summed E-state index contributed by atoms with van der Waals surface area (Å²) >= 11 is 1.39. The number of carbonyl (C=O) groups is 1. The number of amides is 1. The second-order valence-corrected chi connectivity index (χ2v) is 9.11. The monoisotopic (exact) mass is 408 g/mol. The molecule has 146 valence electrons. The van der Waals surface area contributed by atoms with Gasteiger partial charge in [-0.3, -0.25) is 9.69 Å². The Morgan fingerprint density at radius 1 is 1.15 bits per heavy atom. The topological polar surface area (TPSA) is 91.4 Å². The molecule has 0 radical (unpaired) electrons. The molecule has 1 aliphatic heterocycles. The van der Waals surface area contributed by atoms with E-state index in [9.17, 15) is 13.2 Å². The lowest BCUT2D eigenvalue weighted by molar-refractivity contribution is -0.116. The Bertz CT molecular complexity index is 847. The van der Waals surface area contributed by atoms with Gasteiger partial charge < -0.3 is 5.32 Å². The fourth-order valence-electron chi connectivity index (χ4n) is 2.95. The molecular weight excluding hydrogens is 384 g/mol. The number of hydrogen-bond donors (Lipinski definition) is 2. The molecule has 0 unspecified atom stereocenters. The van der Waals surface area contributed by atoms with Gasteiger partial charge in [-0.05, 0) is 38.1 Å². The number of nitrogens with zero attached hydrogens (tertiary/aromatic N) is 2. The Morgan fingerprint density at radius 3 is 2.63 bits per heavy atom. The second-order valence-electron chi connectivity index (χ2n) is 6.49. The zero-order valence-electron chi connectivity index (χ0n) is 15.1. The van der Waals surface area contributed by atoms with Crippen LogP contribution in [0.3, 0.4) is 0 Å². The maximum Gasteiger partial charge on any atom is 0.240 e. The zero-order chi connectivity index (χ0) is 19.1. The summed E-state index contributed by atoms with van der Waals surface area (Å²) in [6.07, 6.45) is 3.80. The number of aromatic nitrogens is 1. The average Bonchev–Trinajstić information content (AvgIpc) is 3.10. The first-order chi connectivity index (χ1) is 13.0. The number of likely N-dealkylation sites (tertiary alicyclic amines) is 1. The van der Waals surface area contributed by atoms with E-state index in [1.165, 1.54) is 42.7 Å². The van der Waals surface area contributed by atoms with Crippen LogP contribution in [0.1, 0.15) is 31.4 Å². The van der Waals surface area contributed by atoms with E-state index >= 15 is 0 Å². The molecule has 1 aromatic carbocycles. The predicted molar refractivity (Wildman–Crippen MR) is 106 cm³/mol. The summed E-state index contributed by atoms with van der Waals surface area (Å²) in [5.74, 6) is -0.260. The highest BCUT2D eigenvalue weighted by Gasteiger charge is 2.15. The summed E-state index contributed by atoms with van der Waals surface area (Å²) in [7, 11) is -3.59. The van der Waals surface area contributed by atoms with E-state index in [2.05, 4.69) is 19.9 Å². The van der Waals surface area contributed by atoms with Crippen molar-refractivity contribution in [1.82, 2.24) is 14.6 Å². The van der Waals surface area contributed by atoms with Crippen molar-refractivity contribution in [2.75, 3.05) is 25.0 Å². The lowest BCUT2D eigenvalue weighted by Crippen LogP contribution is -2.29. The fourth-order valence-corrected chi connectivity index (χ4v) is 4.72. The van der Waals surface area contributed by atoms with Gasteiger partial charge in [-0.1, -0.05) is 24.6 Å². The summed E-state index contributed by atoms with van der Waals surface area (Å²) in [5.41, 5.74) is 0.960. The van der Waals surface area contributed by atoms with E-state index in [1.54, 1.807) is 18.2 Å². The SMILES string of the molecule is O=C(CCNS(=O)(=O)c1ccccc1)Nc1nc(CN2CCCCC2)cs1. The van der Waals surface area contributed by atoms with Crippen molar-refractivity contribution in [3.05, 3.63) is 41.4 Å². The van der Waals surface area contributed by atoms with Gasteiger partial charge in [0.25, 0.3) is 0 Å². The molecular formula is C18H24N4O3S2. The normalized spacial score (nSPS) is 15.6. The highest BCUT2D eigenvalue weighted by Crippen LogP contribution is 2.19. The van der Waals surface area contributed by atoms with Crippen LogP contribution in [0.25, 0.3) is 0 Å². The summed E-state index contributed by atoms with van der Waals surface area (Å²) < 4.78 is 26.7. The number of sulfonamides is 1. The summed E-state index contributed by atoms with van der Waals surface area (Å²) in [4.78, 5) is 19.1. The Labute approximate surface area is 163 Å². The Hall–Kier alpha value is -1.81. The van der Waals surface area contributed by atoms with Crippen LogP contribution in [0.4, 0.5) is 5.13 Å². The molecule has 0 bridgehead atoms. The van der Waals surface area contributed by atoms with E-state index in [0.717, 1.165) is 25.3 Å². The van der Waals surface area contributed by atoms with Crippen molar-refractivity contribution in [2.24, 2.45) is 0 Å². The number of piperidine rings is 1. The minimum Gasteiger partial charge on any atom is -0.302 e. The molecule has 1 amide bonds. The molecule has 3 rings (SSSR count). The minimum absolute atomic E-state index is 0.0368. The maximum atomic E-state index is 12.1. The number of carbonyl (C=O) groups excluding carboxylic acids is 1. The number of anilines is 1. The molecule has 2 aromatic rings. The van der Waals surface area contributed by atoms with Crippen LogP contribution in [0, 0.1) is 0 Å². The fraction of sp³-hybridized carbons (Fsp3) is 0.444. The Balaban J connectivity index is 1.43. The van der Waals surface area contributed by atoms with Crippen molar-refractivity contribution < 1.29 is 13.2 Å². The van der Waals surface area contributed by atoms with E-state index in [-0.39, 0.29) is 23.8 Å². The van der Waals surface area contributed by atoms with Gasteiger partial charge in [-0.15, -0.1) is 11.3 Å². The van der Waals surface area contributed by atoms with Crippen LogP contribution in [-0.4, -0.2) is 43.8 Å². The first-order valence-electron chi connectivity index (χ1n) is 9.04. The summed E-state index contributed by atoms with van der Waals surface area (Å²) in [6.45, 7) is 3.04. The molecule has 1 saturated heterocycles. The predicted octanol–water partition coefficient (Wildman–Crippen LogP) is 2.44. The van der Waals surface area contributed by atoms with Crippen molar-refractivity contribution in [1.29, 1.82) is 0 Å². The third kappa shape index (κ3) is 6.10. The maximum absolute atomic E-state index is 12.1. The molecule has 1 aromatic heterocycles. The minimum atomic E-state index is -3.59. The second kappa shape index (κ2) is 9.41. The van der Waals surface area contributed by atoms with Gasteiger partial charge in [-0.2, -0.15) is 0 Å². The largest absolute Gasteiger partial charge is 0.302 e. The molecule has 0 spiro atoms. The van der Waals surface area contributed by atoms with Gasteiger partial charge in [0.15, 0.2) is 5.13 Å². The number of hydrogen-bond acceptors (Lipinski definition) is 6. The number of nitrogens with one attached hydrogen (secondary N) is 2. The smallest absolute Gasteiger partial charge is 0.240 e. The van der Waals surface area contributed by atoms with E-state index in [0.29, 0.717) is 5.13 Å². The Kier molecular flexibility index (Phi) is 6.95. The highest BCUT2D eigenvalue weighted by molar-refractivity contribution is 7.89. The highest BCUT2D eigenvalue weighted by atomic mass is 32.2. The molecule has 1 aliphatic rings. The van der Waals surface area contributed by atoms with Crippen molar-refractivity contribution >= 4 is 32.4 Å². The molecule has 2 N–H and O–H groups in total. The number of rotatable bonds is 8. The van der Waals surface area contributed by atoms with Gasteiger partial charge in [0.2, 0.25) is 15.9 Å². The van der Waals surface area contributed by atoms with Gasteiger partial charge >= 0.3 is 0 Å². The number of benzene rings is 1. The van der Waals surface area contributed by atoms with Crippen LogP contribution in [0.2, 0.25) is 0 Å². The first-order valence-corrected chi connectivity index (χ1v) is 11.4. The molecule has 1 fully saturated rings. The molecule has 7 nitrogen and oxygen atoms in total. The lowest BCUT2D eigenvalue weighted by atomic mass is 10.1. The number of thiazole rings is 1. The van der Waals surface area contributed by atoms with E-state index in [4.69, 9.17) is 0 Å². The molecule has 27 heavy (non-hydrogen) atoms. The van der Waals surface area contributed by atoms with Crippen LogP contribution < -0.4 is 10.0 Å². The first kappa shape index (κ1) is 19.9.